The van der Waals surface area contributed by atoms with Crippen LogP contribution in [0.1, 0.15) is 69.8 Å². The predicted molar refractivity (Wildman–Crippen MR) is 109 cm³/mol. The van der Waals surface area contributed by atoms with Crippen molar-refractivity contribution in [2.24, 2.45) is 0 Å². The summed E-state index contributed by atoms with van der Waals surface area (Å²) in [6, 6.07) is 10.2. The van der Waals surface area contributed by atoms with Crippen LogP contribution in [-0.2, 0) is 0 Å². The third kappa shape index (κ3) is 3.92. The van der Waals surface area contributed by atoms with Gasteiger partial charge in [-0.2, -0.15) is 0 Å². The third-order valence-corrected chi connectivity index (χ3v) is 6.85. The molecule has 0 atom stereocenters. The van der Waals surface area contributed by atoms with Crippen molar-refractivity contribution in [3.05, 3.63) is 35.2 Å². The van der Waals surface area contributed by atoms with Gasteiger partial charge in [0.2, 0.25) is 0 Å². The Balaban J connectivity index is 1.61. The third-order valence-electron chi connectivity index (χ3n) is 6.00. The van der Waals surface area contributed by atoms with Gasteiger partial charge in [-0.15, -0.1) is 11.3 Å². The van der Waals surface area contributed by atoms with Gasteiger partial charge in [-0.3, -0.25) is 0 Å². The minimum absolute atomic E-state index is 0.717. The maximum atomic E-state index is 5.11. The monoisotopic (exact) mass is 354 g/mol. The van der Waals surface area contributed by atoms with E-state index in [2.05, 4.69) is 41.5 Å². The highest BCUT2D eigenvalue weighted by Gasteiger charge is 2.30. The van der Waals surface area contributed by atoms with Gasteiger partial charge in [0.15, 0.2) is 5.13 Å². The molecule has 25 heavy (non-hydrogen) atoms. The Hall–Kier alpha value is -1.35. The first-order valence-corrected chi connectivity index (χ1v) is 11.0. The maximum absolute atomic E-state index is 5.11. The van der Waals surface area contributed by atoms with E-state index in [0.29, 0.717) is 12.1 Å². The molecule has 0 amide bonds. The molecule has 0 radical (unpaired) electrons. The first-order chi connectivity index (χ1) is 12.3. The summed E-state index contributed by atoms with van der Waals surface area (Å²) in [5, 5.41) is 3.54. The smallest absolute Gasteiger partial charge is 0.186 e. The van der Waals surface area contributed by atoms with E-state index in [1.807, 2.05) is 11.3 Å². The SMILES string of the molecule is Cc1ccc(-c2csc(N(C3CCCCC3)C3CCCCC3)n2)cc1. The lowest BCUT2D eigenvalue weighted by molar-refractivity contribution is 0.339. The molecule has 1 heterocycles. The van der Waals surface area contributed by atoms with Crippen LogP contribution in [0.2, 0.25) is 0 Å². The lowest BCUT2D eigenvalue weighted by atomic mass is 9.89. The summed E-state index contributed by atoms with van der Waals surface area (Å²) in [4.78, 5) is 7.86. The zero-order valence-electron chi connectivity index (χ0n) is 15.4. The molecule has 2 fully saturated rings. The summed E-state index contributed by atoms with van der Waals surface area (Å²) in [6.07, 6.45) is 13.8. The molecule has 0 saturated heterocycles. The summed E-state index contributed by atoms with van der Waals surface area (Å²) in [5.41, 5.74) is 3.71. The minimum Gasteiger partial charge on any atom is -0.342 e. The Labute approximate surface area is 156 Å². The Morgan fingerprint density at radius 1 is 0.840 bits per heavy atom. The first kappa shape index (κ1) is 17.1. The summed E-state index contributed by atoms with van der Waals surface area (Å²) in [5.74, 6) is 0. The van der Waals surface area contributed by atoms with Crippen LogP contribution >= 0.6 is 11.3 Å². The number of hydrogen-bond acceptors (Lipinski definition) is 3. The second-order valence-electron chi connectivity index (χ2n) is 7.87. The van der Waals surface area contributed by atoms with Gasteiger partial charge in [-0.1, -0.05) is 68.4 Å². The fourth-order valence-corrected chi connectivity index (χ4v) is 5.55. The molecule has 0 spiro atoms. The number of rotatable bonds is 4. The molecule has 2 saturated carbocycles. The quantitative estimate of drug-likeness (QED) is 0.615. The van der Waals surface area contributed by atoms with Gasteiger partial charge in [0.25, 0.3) is 0 Å². The highest BCUT2D eigenvalue weighted by Crippen LogP contribution is 2.37. The van der Waals surface area contributed by atoms with Crippen LogP contribution in [0.3, 0.4) is 0 Å². The molecule has 0 unspecified atom stereocenters. The number of benzene rings is 1. The molecule has 1 aromatic heterocycles. The number of hydrogen-bond donors (Lipinski definition) is 0. The van der Waals surface area contributed by atoms with E-state index < -0.39 is 0 Å². The molecular formula is C22H30N2S. The van der Waals surface area contributed by atoms with Crippen LogP contribution in [-0.4, -0.2) is 17.1 Å². The number of thiazole rings is 1. The van der Waals surface area contributed by atoms with Gasteiger partial charge in [0.1, 0.15) is 0 Å². The molecule has 4 rings (SSSR count). The summed E-state index contributed by atoms with van der Waals surface area (Å²) in [7, 11) is 0. The molecule has 2 aliphatic carbocycles. The van der Waals surface area contributed by atoms with Crippen molar-refractivity contribution < 1.29 is 0 Å². The van der Waals surface area contributed by atoms with E-state index in [4.69, 9.17) is 4.98 Å². The van der Waals surface area contributed by atoms with Gasteiger partial charge in [-0.25, -0.2) is 4.98 Å². The molecule has 1 aromatic carbocycles. The average molecular weight is 355 g/mol. The molecule has 2 aromatic rings. The zero-order valence-corrected chi connectivity index (χ0v) is 16.2. The standard InChI is InChI=1S/C22H30N2S/c1-17-12-14-18(15-13-17)21-16-25-22(23-21)24(19-8-4-2-5-9-19)20-10-6-3-7-11-20/h12-16,19-20H,2-11H2,1H3. The lowest BCUT2D eigenvalue weighted by Crippen LogP contribution is -2.45. The van der Waals surface area contributed by atoms with Crippen molar-refractivity contribution in [3.8, 4) is 11.3 Å². The highest BCUT2D eigenvalue weighted by atomic mass is 32.1. The van der Waals surface area contributed by atoms with E-state index in [0.717, 1.165) is 5.69 Å². The van der Waals surface area contributed by atoms with E-state index >= 15 is 0 Å². The summed E-state index contributed by atoms with van der Waals surface area (Å²) in [6.45, 7) is 2.14. The van der Waals surface area contributed by atoms with Crippen molar-refractivity contribution >= 4 is 16.5 Å². The van der Waals surface area contributed by atoms with Crippen LogP contribution in [0.5, 0.6) is 0 Å². The molecular weight excluding hydrogens is 324 g/mol. The number of nitrogens with zero attached hydrogens (tertiary/aromatic N) is 2. The van der Waals surface area contributed by atoms with Crippen molar-refractivity contribution in [1.29, 1.82) is 0 Å². The Kier molecular flexibility index (Phi) is 5.40. The lowest BCUT2D eigenvalue weighted by Gasteiger charge is -2.41. The largest absolute Gasteiger partial charge is 0.342 e. The van der Waals surface area contributed by atoms with Crippen LogP contribution in [0.25, 0.3) is 11.3 Å². The van der Waals surface area contributed by atoms with Gasteiger partial charge < -0.3 is 4.90 Å². The van der Waals surface area contributed by atoms with E-state index in [1.165, 1.54) is 80.5 Å². The Morgan fingerprint density at radius 2 is 1.40 bits per heavy atom. The van der Waals surface area contributed by atoms with E-state index in [1.54, 1.807) is 0 Å². The molecule has 3 heteroatoms. The minimum atomic E-state index is 0.717. The summed E-state index contributed by atoms with van der Waals surface area (Å²) >= 11 is 1.86. The molecule has 0 N–H and O–H groups in total. The normalized spacial score (nSPS) is 19.9. The van der Waals surface area contributed by atoms with E-state index in [9.17, 15) is 0 Å². The van der Waals surface area contributed by atoms with Gasteiger partial charge in [-0.05, 0) is 32.6 Å². The van der Waals surface area contributed by atoms with Crippen LogP contribution in [0.15, 0.2) is 29.6 Å². The predicted octanol–water partition coefficient (Wildman–Crippen LogP) is 6.59. The van der Waals surface area contributed by atoms with Crippen LogP contribution < -0.4 is 4.90 Å². The molecule has 0 aliphatic heterocycles. The van der Waals surface area contributed by atoms with Crippen LogP contribution in [0.4, 0.5) is 5.13 Å². The first-order valence-electron chi connectivity index (χ1n) is 10.1. The van der Waals surface area contributed by atoms with Gasteiger partial charge >= 0.3 is 0 Å². The molecule has 134 valence electrons. The Morgan fingerprint density at radius 3 is 1.96 bits per heavy atom. The second kappa shape index (κ2) is 7.90. The zero-order chi connectivity index (χ0) is 17.1. The van der Waals surface area contributed by atoms with E-state index in [-0.39, 0.29) is 0 Å². The van der Waals surface area contributed by atoms with Crippen molar-refractivity contribution in [2.75, 3.05) is 4.90 Å². The van der Waals surface area contributed by atoms with Crippen molar-refractivity contribution in [3.63, 3.8) is 0 Å². The van der Waals surface area contributed by atoms with Crippen molar-refractivity contribution in [2.45, 2.75) is 83.2 Å². The summed E-state index contributed by atoms with van der Waals surface area (Å²) < 4.78 is 0. The second-order valence-corrected chi connectivity index (χ2v) is 8.71. The number of aromatic nitrogens is 1. The highest BCUT2D eigenvalue weighted by molar-refractivity contribution is 7.14. The van der Waals surface area contributed by atoms with Gasteiger partial charge in [0.05, 0.1) is 5.69 Å². The van der Waals surface area contributed by atoms with Gasteiger partial charge in [0, 0.05) is 23.0 Å². The molecule has 0 bridgehead atoms. The molecule has 2 aliphatic rings. The number of aryl methyl sites for hydroxylation is 1. The average Bonchev–Trinajstić information content (AvgIpc) is 3.14. The number of anilines is 1. The maximum Gasteiger partial charge on any atom is 0.186 e. The molecule has 2 nitrogen and oxygen atoms in total. The van der Waals surface area contributed by atoms with Crippen molar-refractivity contribution in [1.82, 2.24) is 4.98 Å². The fraction of sp³-hybridized carbons (Fsp3) is 0.591. The topological polar surface area (TPSA) is 16.1 Å². The van der Waals surface area contributed by atoms with Crippen LogP contribution in [0, 0.1) is 6.92 Å². The fourth-order valence-electron chi connectivity index (χ4n) is 4.57. The Bertz CT molecular complexity index is 646.